The van der Waals surface area contributed by atoms with Crippen molar-refractivity contribution in [3.63, 3.8) is 0 Å². The summed E-state index contributed by atoms with van der Waals surface area (Å²) in [5.41, 5.74) is 11.1. The summed E-state index contributed by atoms with van der Waals surface area (Å²) in [6.45, 7) is 8.99. The average Bonchev–Trinajstić information content (AvgIpc) is 2.70. The first-order valence-electron chi connectivity index (χ1n) is 10.9. The van der Waals surface area contributed by atoms with Crippen LogP contribution in [0.5, 0.6) is 0 Å². The fourth-order valence-electron chi connectivity index (χ4n) is 4.16. The van der Waals surface area contributed by atoms with Gasteiger partial charge in [0.1, 0.15) is 0 Å². The molecule has 3 rings (SSSR count). The molecule has 0 heteroatoms. The van der Waals surface area contributed by atoms with Gasteiger partial charge in [0.15, 0.2) is 0 Å². The third-order valence-electron chi connectivity index (χ3n) is 5.97. The maximum absolute atomic E-state index is 2.33. The number of hydrogen-bond acceptors (Lipinski definition) is 0. The van der Waals surface area contributed by atoms with Crippen LogP contribution in [-0.4, -0.2) is 0 Å². The molecule has 0 radical (unpaired) electrons. The van der Waals surface area contributed by atoms with Crippen molar-refractivity contribution in [2.75, 3.05) is 0 Å². The van der Waals surface area contributed by atoms with E-state index in [0.717, 1.165) is 0 Å². The Bertz CT molecular complexity index is 917. The van der Waals surface area contributed by atoms with E-state index in [1.807, 2.05) is 0 Å². The fourth-order valence-corrected chi connectivity index (χ4v) is 4.16. The zero-order chi connectivity index (χ0) is 19.9. The van der Waals surface area contributed by atoms with Gasteiger partial charge in [-0.1, -0.05) is 98.8 Å². The van der Waals surface area contributed by atoms with Crippen LogP contribution in [-0.2, 0) is 6.42 Å². The molecule has 0 aliphatic heterocycles. The zero-order valence-electron chi connectivity index (χ0n) is 18.0. The van der Waals surface area contributed by atoms with Gasteiger partial charge in [-0.05, 0) is 72.6 Å². The van der Waals surface area contributed by atoms with E-state index in [2.05, 4.69) is 88.4 Å². The Morgan fingerprint density at radius 1 is 0.607 bits per heavy atom. The maximum Gasteiger partial charge on any atom is -0.0149 e. The minimum Gasteiger partial charge on any atom is -0.0654 e. The third kappa shape index (κ3) is 4.73. The lowest BCUT2D eigenvalue weighted by Gasteiger charge is -2.17. The molecule has 0 N–H and O–H groups in total. The summed E-state index contributed by atoms with van der Waals surface area (Å²) < 4.78 is 0. The Balaban J connectivity index is 1.89. The topological polar surface area (TPSA) is 0 Å². The van der Waals surface area contributed by atoms with Crippen molar-refractivity contribution >= 4 is 0 Å². The van der Waals surface area contributed by atoms with Gasteiger partial charge in [-0.3, -0.25) is 0 Å². The van der Waals surface area contributed by atoms with Crippen molar-refractivity contribution in [1.29, 1.82) is 0 Å². The van der Waals surface area contributed by atoms with Gasteiger partial charge in [0.2, 0.25) is 0 Å². The van der Waals surface area contributed by atoms with Crippen LogP contribution in [0, 0.1) is 20.8 Å². The molecule has 0 heterocycles. The van der Waals surface area contributed by atoms with Gasteiger partial charge in [-0.2, -0.15) is 0 Å². The molecule has 0 atom stereocenters. The smallest absolute Gasteiger partial charge is 0.0149 e. The van der Waals surface area contributed by atoms with Crippen LogP contribution in [0.1, 0.15) is 61.3 Å². The third-order valence-corrected chi connectivity index (χ3v) is 5.97. The second-order valence-corrected chi connectivity index (χ2v) is 8.10. The van der Waals surface area contributed by atoms with Crippen LogP contribution in [0.25, 0.3) is 22.3 Å². The molecule has 0 spiro atoms. The molecule has 0 unspecified atom stereocenters. The molecule has 0 aromatic heterocycles. The number of rotatable bonds is 8. The number of hydrogen-bond donors (Lipinski definition) is 0. The lowest BCUT2D eigenvalue weighted by molar-refractivity contribution is 0.632. The summed E-state index contributed by atoms with van der Waals surface area (Å²) in [5.74, 6) is 0. The zero-order valence-corrected chi connectivity index (χ0v) is 18.0. The lowest BCUT2D eigenvalue weighted by atomic mass is 9.88. The van der Waals surface area contributed by atoms with Gasteiger partial charge < -0.3 is 0 Å². The van der Waals surface area contributed by atoms with Gasteiger partial charge in [0, 0.05) is 0 Å². The number of unbranched alkanes of at least 4 members (excludes halogenated alkanes) is 4. The maximum atomic E-state index is 2.33. The molecule has 0 aliphatic rings. The van der Waals surface area contributed by atoms with Crippen molar-refractivity contribution < 1.29 is 0 Å². The molecule has 0 saturated carbocycles. The highest BCUT2D eigenvalue weighted by Gasteiger charge is 2.12. The molecule has 3 aromatic rings. The highest BCUT2D eigenvalue weighted by molar-refractivity contribution is 5.78. The fraction of sp³-hybridized carbons (Fsp3) is 0.357. The molecule has 3 aromatic carbocycles. The molecule has 0 bridgehead atoms. The Labute approximate surface area is 171 Å². The second-order valence-electron chi connectivity index (χ2n) is 8.10. The lowest BCUT2D eigenvalue weighted by Crippen LogP contribution is -1.96. The first kappa shape index (κ1) is 20.4. The minimum atomic E-state index is 1.18. The largest absolute Gasteiger partial charge is 0.0654 e. The highest BCUT2D eigenvalue weighted by atomic mass is 14.2. The van der Waals surface area contributed by atoms with Gasteiger partial charge >= 0.3 is 0 Å². The summed E-state index contributed by atoms with van der Waals surface area (Å²) >= 11 is 0. The van der Waals surface area contributed by atoms with Crippen LogP contribution in [0.2, 0.25) is 0 Å². The average molecular weight is 371 g/mol. The Kier molecular flexibility index (Phi) is 7.09. The molecule has 28 heavy (non-hydrogen) atoms. The predicted octanol–water partition coefficient (Wildman–Crippen LogP) is 8.46. The quantitative estimate of drug-likeness (QED) is 0.349. The molecule has 0 fully saturated rings. The minimum absolute atomic E-state index is 1.18. The van der Waals surface area contributed by atoms with Crippen molar-refractivity contribution in [2.24, 2.45) is 0 Å². The van der Waals surface area contributed by atoms with E-state index in [4.69, 9.17) is 0 Å². The standard InChI is InChI=1S/C28H34/c1-5-6-7-8-9-14-24-15-10-11-17-28(24)27-19-18-26(22(3)23(27)4)25-16-12-13-21(2)20-25/h10-13,15-20H,5-9,14H2,1-4H3. The van der Waals surface area contributed by atoms with Crippen LogP contribution < -0.4 is 0 Å². The van der Waals surface area contributed by atoms with Gasteiger partial charge in [0.25, 0.3) is 0 Å². The van der Waals surface area contributed by atoms with E-state index >= 15 is 0 Å². The Morgan fingerprint density at radius 2 is 1.32 bits per heavy atom. The van der Waals surface area contributed by atoms with Crippen molar-refractivity contribution in [3.8, 4) is 22.3 Å². The highest BCUT2D eigenvalue weighted by Crippen LogP contribution is 2.34. The van der Waals surface area contributed by atoms with Crippen molar-refractivity contribution in [2.45, 2.75) is 66.2 Å². The van der Waals surface area contributed by atoms with Crippen LogP contribution in [0.4, 0.5) is 0 Å². The van der Waals surface area contributed by atoms with Gasteiger partial charge in [0.05, 0.1) is 0 Å². The molecule has 0 amide bonds. The van der Waals surface area contributed by atoms with Gasteiger partial charge in [-0.15, -0.1) is 0 Å². The predicted molar refractivity (Wildman–Crippen MR) is 124 cm³/mol. The molecule has 0 aliphatic carbocycles. The summed E-state index contributed by atoms with van der Waals surface area (Å²) in [6, 6.07) is 22.4. The monoisotopic (exact) mass is 370 g/mol. The molecule has 0 saturated heterocycles. The normalized spacial score (nSPS) is 11.0. The summed E-state index contributed by atoms with van der Waals surface area (Å²) in [5, 5.41) is 0. The van der Waals surface area contributed by atoms with Crippen LogP contribution in [0.3, 0.4) is 0 Å². The van der Waals surface area contributed by atoms with E-state index in [-0.39, 0.29) is 0 Å². The van der Waals surface area contributed by atoms with E-state index in [0.29, 0.717) is 0 Å². The first-order valence-corrected chi connectivity index (χ1v) is 10.9. The van der Waals surface area contributed by atoms with Gasteiger partial charge in [-0.25, -0.2) is 0 Å². The molecule has 0 nitrogen and oxygen atoms in total. The Hall–Kier alpha value is -2.34. The summed E-state index contributed by atoms with van der Waals surface area (Å²) in [6.07, 6.45) is 7.84. The van der Waals surface area contributed by atoms with Crippen molar-refractivity contribution in [1.82, 2.24) is 0 Å². The summed E-state index contributed by atoms with van der Waals surface area (Å²) in [7, 11) is 0. The van der Waals surface area contributed by atoms with Crippen LogP contribution >= 0.6 is 0 Å². The summed E-state index contributed by atoms with van der Waals surface area (Å²) in [4.78, 5) is 0. The van der Waals surface area contributed by atoms with E-state index in [9.17, 15) is 0 Å². The molecular weight excluding hydrogens is 336 g/mol. The first-order chi connectivity index (χ1) is 13.6. The molecule has 146 valence electrons. The molecular formula is C28H34. The number of aryl methyl sites for hydroxylation is 2. The van der Waals surface area contributed by atoms with E-state index in [1.54, 1.807) is 0 Å². The van der Waals surface area contributed by atoms with E-state index < -0.39 is 0 Å². The van der Waals surface area contributed by atoms with Crippen molar-refractivity contribution in [3.05, 3.63) is 82.9 Å². The Morgan fingerprint density at radius 3 is 2.11 bits per heavy atom. The SMILES string of the molecule is CCCCCCCc1ccccc1-c1ccc(-c2cccc(C)c2)c(C)c1C. The van der Waals surface area contributed by atoms with Crippen LogP contribution in [0.15, 0.2) is 60.7 Å². The van der Waals surface area contributed by atoms with E-state index in [1.165, 1.54) is 83.0 Å². The second kappa shape index (κ2) is 9.73. The number of benzene rings is 3.